The molecule has 0 aliphatic rings. The number of carbonyl (C=O) groups is 2. The van der Waals surface area contributed by atoms with Crippen LogP contribution in [0.25, 0.3) is 0 Å². The summed E-state index contributed by atoms with van der Waals surface area (Å²) in [5, 5.41) is 7.94. The lowest BCUT2D eigenvalue weighted by Crippen LogP contribution is -2.16. The Morgan fingerprint density at radius 3 is 2.12 bits per heavy atom. The maximum absolute atomic E-state index is 10.1. The second-order valence-corrected chi connectivity index (χ2v) is 1.31. The Morgan fingerprint density at radius 1 is 1.50 bits per heavy atom. The lowest BCUT2D eigenvalue weighted by molar-refractivity contribution is -0.139. The number of Topliss-reactive ketones (excluding diaryl/α,β-unsaturated/α-hetero) is 1. The minimum atomic E-state index is -1.12. The Kier molecular flexibility index (Phi) is 2.79. The highest BCUT2D eigenvalue weighted by Crippen LogP contribution is 1.77. The number of hydrogen-bond donors (Lipinski definition) is 2. The normalized spacial score (nSPS) is 8.62. The number of ketones is 1. The van der Waals surface area contributed by atoms with E-state index >= 15 is 0 Å². The Labute approximate surface area is 46.3 Å². The molecule has 0 bridgehead atoms. The molecule has 0 rings (SSSR count). The predicted octanol–water partition coefficient (Wildman–Crippen LogP) is -1.01. The molecule has 4 nitrogen and oxygen atoms in total. The maximum Gasteiger partial charge on any atom is 0.310 e. The van der Waals surface area contributed by atoms with Crippen LogP contribution >= 0.6 is 0 Å². The fraction of sp³-hybridized carbons (Fsp3) is 0.500. The summed E-state index contributed by atoms with van der Waals surface area (Å²) < 4.78 is 0. The molecule has 0 aromatic heterocycles. The number of carboxylic acid groups (broad SMARTS) is 1. The highest BCUT2D eigenvalue weighted by Gasteiger charge is 2.02. The molecule has 0 unspecified atom stereocenters. The van der Waals surface area contributed by atoms with Gasteiger partial charge in [-0.15, -0.1) is 0 Å². The van der Waals surface area contributed by atoms with Gasteiger partial charge in [0.15, 0.2) is 5.78 Å². The first kappa shape index (κ1) is 7.10. The van der Waals surface area contributed by atoms with E-state index in [0.717, 1.165) is 0 Å². The van der Waals surface area contributed by atoms with Gasteiger partial charge in [0.1, 0.15) is 6.42 Å². The summed E-state index contributed by atoms with van der Waals surface area (Å²) in [6.07, 6.45) is -0.462. The predicted molar refractivity (Wildman–Crippen MR) is 26.3 cm³/mol. The first-order chi connectivity index (χ1) is 3.66. The number of hydrogen-bond acceptors (Lipinski definition) is 3. The number of aliphatic carboxylic acids is 1. The lowest BCUT2D eigenvalue weighted by atomic mass is 10.3. The van der Waals surface area contributed by atoms with E-state index in [9.17, 15) is 9.59 Å². The molecule has 8 heavy (non-hydrogen) atoms. The van der Waals surface area contributed by atoms with Gasteiger partial charge in [0.05, 0.1) is 6.54 Å². The number of nitrogens with two attached hydrogens (primary N) is 1. The minimum Gasteiger partial charge on any atom is -0.481 e. The second kappa shape index (κ2) is 3.15. The summed E-state index contributed by atoms with van der Waals surface area (Å²) in [6.45, 7) is -0.188. The Morgan fingerprint density at radius 2 is 2.00 bits per heavy atom. The molecule has 0 amide bonds. The number of carbonyl (C=O) groups excluding carboxylic acids is 1. The fourth-order valence-corrected chi connectivity index (χ4v) is 0.241. The third kappa shape index (κ3) is 3.30. The molecule has 4 heteroatoms. The summed E-state index contributed by atoms with van der Waals surface area (Å²) in [4.78, 5) is 19.8. The average Bonchev–Trinajstić information content (AvgIpc) is 1.65. The van der Waals surface area contributed by atoms with Crippen LogP contribution < -0.4 is 5.73 Å². The molecule has 0 aromatic rings. The van der Waals surface area contributed by atoms with Crippen LogP contribution in [0.2, 0.25) is 0 Å². The van der Waals surface area contributed by atoms with Crippen molar-refractivity contribution >= 4 is 11.8 Å². The van der Waals surface area contributed by atoms with Crippen LogP contribution in [0.15, 0.2) is 0 Å². The zero-order chi connectivity index (χ0) is 6.57. The van der Waals surface area contributed by atoms with Gasteiger partial charge in [0.25, 0.3) is 0 Å². The van der Waals surface area contributed by atoms with E-state index in [1.807, 2.05) is 0 Å². The molecule has 0 radical (unpaired) electrons. The zero-order valence-electron chi connectivity index (χ0n) is 4.26. The highest BCUT2D eigenvalue weighted by atomic mass is 16.4. The average molecular weight is 117 g/mol. The highest BCUT2D eigenvalue weighted by molar-refractivity contribution is 5.95. The quantitative estimate of drug-likeness (QED) is 0.464. The molecule has 0 saturated carbocycles. The van der Waals surface area contributed by atoms with Gasteiger partial charge in [-0.05, 0) is 0 Å². The minimum absolute atomic E-state index is 0.188. The molecule has 0 heterocycles. The van der Waals surface area contributed by atoms with Crippen molar-refractivity contribution in [3.05, 3.63) is 0 Å². The van der Waals surface area contributed by atoms with Crippen molar-refractivity contribution < 1.29 is 14.7 Å². The number of rotatable bonds is 3. The van der Waals surface area contributed by atoms with E-state index in [1.54, 1.807) is 0 Å². The smallest absolute Gasteiger partial charge is 0.310 e. The van der Waals surface area contributed by atoms with Crippen LogP contribution in [0.5, 0.6) is 0 Å². The van der Waals surface area contributed by atoms with Gasteiger partial charge in [-0.2, -0.15) is 0 Å². The van der Waals surface area contributed by atoms with Gasteiger partial charge in [0.2, 0.25) is 0 Å². The van der Waals surface area contributed by atoms with E-state index < -0.39 is 18.2 Å². The van der Waals surface area contributed by atoms with Gasteiger partial charge in [0, 0.05) is 0 Å². The summed E-state index contributed by atoms with van der Waals surface area (Å²) in [7, 11) is 0. The van der Waals surface area contributed by atoms with Crippen LogP contribution in [0.3, 0.4) is 0 Å². The van der Waals surface area contributed by atoms with Crippen LogP contribution in [0.4, 0.5) is 0 Å². The van der Waals surface area contributed by atoms with Crippen LogP contribution in [0, 0.1) is 0 Å². The Bertz CT molecular complexity index is 110. The van der Waals surface area contributed by atoms with E-state index in [2.05, 4.69) is 0 Å². The molecule has 3 N–H and O–H groups in total. The van der Waals surface area contributed by atoms with Crippen molar-refractivity contribution in [2.24, 2.45) is 5.73 Å². The van der Waals surface area contributed by atoms with Gasteiger partial charge in [-0.3, -0.25) is 9.59 Å². The van der Waals surface area contributed by atoms with Gasteiger partial charge >= 0.3 is 5.97 Å². The van der Waals surface area contributed by atoms with Gasteiger partial charge < -0.3 is 10.8 Å². The monoisotopic (exact) mass is 117 g/mol. The summed E-state index contributed by atoms with van der Waals surface area (Å²) in [5.41, 5.74) is 4.81. The molecule has 0 aromatic carbocycles. The standard InChI is InChI=1S/C4H7NO3/c5-2-3(6)1-4(7)8/h1-2,5H2,(H,7,8). The first-order valence-electron chi connectivity index (χ1n) is 2.10. The fourth-order valence-electron chi connectivity index (χ4n) is 0.241. The topological polar surface area (TPSA) is 80.4 Å². The van der Waals surface area contributed by atoms with Crippen molar-refractivity contribution in [1.82, 2.24) is 0 Å². The van der Waals surface area contributed by atoms with Crippen molar-refractivity contribution in [3.8, 4) is 0 Å². The SMILES string of the molecule is NCC(=O)CC(=O)O. The zero-order valence-corrected chi connectivity index (χ0v) is 4.26. The van der Waals surface area contributed by atoms with E-state index in [-0.39, 0.29) is 6.54 Å². The summed E-state index contributed by atoms with van der Waals surface area (Å²) >= 11 is 0. The van der Waals surface area contributed by atoms with Crippen molar-refractivity contribution in [1.29, 1.82) is 0 Å². The lowest BCUT2D eigenvalue weighted by Gasteiger charge is -1.86. The third-order valence-electron chi connectivity index (χ3n) is 0.576. The van der Waals surface area contributed by atoms with E-state index in [0.29, 0.717) is 0 Å². The molecule has 0 spiro atoms. The maximum atomic E-state index is 10.1. The first-order valence-corrected chi connectivity index (χ1v) is 2.10. The molecule has 0 saturated heterocycles. The summed E-state index contributed by atoms with van der Waals surface area (Å²) in [5.74, 6) is -1.57. The largest absolute Gasteiger partial charge is 0.481 e. The second-order valence-electron chi connectivity index (χ2n) is 1.31. The third-order valence-corrected chi connectivity index (χ3v) is 0.576. The summed E-state index contributed by atoms with van der Waals surface area (Å²) in [6, 6.07) is 0. The van der Waals surface area contributed by atoms with Crippen molar-refractivity contribution in [2.45, 2.75) is 6.42 Å². The molecule has 46 valence electrons. The molecule has 0 atom stereocenters. The van der Waals surface area contributed by atoms with Crippen LogP contribution in [-0.4, -0.2) is 23.4 Å². The van der Waals surface area contributed by atoms with E-state index in [1.165, 1.54) is 0 Å². The Hall–Kier alpha value is -0.900. The molecular weight excluding hydrogens is 110 g/mol. The van der Waals surface area contributed by atoms with E-state index in [4.69, 9.17) is 10.8 Å². The molecule has 0 aliphatic carbocycles. The number of carboxylic acids is 1. The van der Waals surface area contributed by atoms with Gasteiger partial charge in [-0.1, -0.05) is 0 Å². The van der Waals surface area contributed by atoms with Crippen LogP contribution in [-0.2, 0) is 9.59 Å². The molecule has 0 aliphatic heterocycles. The molecular formula is C4H7NO3. The molecule has 0 fully saturated rings. The van der Waals surface area contributed by atoms with Crippen LogP contribution in [0.1, 0.15) is 6.42 Å². The van der Waals surface area contributed by atoms with Gasteiger partial charge in [-0.25, -0.2) is 0 Å². The van der Waals surface area contributed by atoms with Crippen molar-refractivity contribution in [3.63, 3.8) is 0 Å². The Balaban J connectivity index is 3.40. The van der Waals surface area contributed by atoms with Crippen molar-refractivity contribution in [2.75, 3.05) is 6.54 Å².